The minimum Gasteiger partial charge on any atom is -0.481 e. The summed E-state index contributed by atoms with van der Waals surface area (Å²) in [6, 6.07) is -0.0293. The summed E-state index contributed by atoms with van der Waals surface area (Å²) in [6.45, 7) is 9.17. The quantitative estimate of drug-likeness (QED) is 0.377. The summed E-state index contributed by atoms with van der Waals surface area (Å²) in [5.74, 6) is -0.144. The van der Waals surface area contributed by atoms with Crippen LogP contribution < -0.4 is 0 Å². The van der Waals surface area contributed by atoms with E-state index in [1.165, 1.54) is 0 Å². The summed E-state index contributed by atoms with van der Waals surface area (Å²) < 4.78 is 37.8. The van der Waals surface area contributed by atoms with Crippen molar-refractivity contribution in [1.29, 1.82) is 0 Å². The van der Waals surface area contributed by atoms with Crippen LogP contribution in [-0.2, 0) is 19.1 Å². The molecule has 9 atom stereocenters. The van der Waals surface area contributed by atoms with Crippen molar-refractivity contribution in [3.63, 3.8) is 0 Å². The van der Waals surface area contributed by atoms with Crippen LogP contribution in [0.3, 0.4) is 0 Å². The normalized spacial score (nSPS) is 45.5. The molecule has 6 nitrogen and oxygen atoms in total. The topological polar surface area (TPSA) is 76.1 Å². The third-order valence-corrected chi connectivity index (χ3v) is 10.7. The third-order valence-electron chi connectivity index (χ3n) is 10.7. The molecule has 200 valence electrons. The molecule has 3 saturated carbocycles. The van der Waals surface area contributed by atoms with Crippen LogP contribution >= 0.6 is 0 Å². The molecule has 1 heterocycles. The maximum Gasteiger partial charge on any atom is 0.315 e. The van der Waals surface area contributed by atoms with Crippen LogP contribution in [-0.4, -0.2) is 60.9 Å². The number of hydrogen-bond donors (Lipinski definition) is 1. The Morgan fingerprint density at radius 2 is 2.06 bits per heavy atom. The summed E-state index contributed by atoms with van der Waals surface area (Å²) >= 11 is 0. The van der Waals surface area contributed by atoms with E-state index in [2.05, 4.69) is 13.0 Å². The van der Waals surface area contributed by atoms with Gasteiger partial charge in [-0.2, -0.15) is 8.78 Å². The lowest BCUT2D eigenvalue weighted by atomic mass is 9.43. The van der Waals surface area contributed by atoms with Crippen molar-refractivity contribution in [3.05, 3.63) is 23.8 Å². The molecule has 5 aliphatic rings. The van der Waals surface area contributed by atoms with Gasteiger partial charge in [0.25, 0.3) is 6.08 Å². The maximum absolute atomic E-state index is 13.5. The van der Waals surface area contributed by atoms with E-state index in [1.54, 1.807) is 0 Å². The molecule has 0 amide bonds. The van der Waals surface area contributed by atoms with Gasteiger partial charge < -0.3 is 19.4 Å². The van der Waals surface area contributed by atoms with Crippen molar-refractivity contribution in [2.45, 2.75) is 65.7 Å². The molecule has 4 bridgehead atoms. The number of carbonyl (C=O) groups is 2. The molecule has 1 aliphatic heterocycles. The summed E-state index contributed by atoms with van der Waals surface area (Å²) in [5, 5.41) is 11.0. The lowest BCUT2D eigenvalue weighted by molar-refractivity contribution is -0.227. The molecule has 5 rings (SSSR count). The average molecular weight is 508 g/mol. The Morgan fingerprint density at radius 3 is 2.69 bits per heavy atom. The molecular formula is C28H39F2NO5. The zero-order chi connectivity index (χ0) is 26.0. The highest BCUT2D eigenvalue weighted by molar-refractivity contribution is 5.90. The van der Waals surface area contributed by atoms with E-state index < -0.39 is 34.6 Å². The number of aliphatic carboxylic acids is 1. The number of hydrogen-bond acceptors (Lipinski definition) is 5. The number of nitrogens with zero attached hydrogens (tertiary/aromatic N) is 1. The first-order chi connectivity index (χ1) is 17.0. The Kier molecular flexibility index (Phi) is 6.48. The average Bonchev–Trinajstić information content (AvgIpc) is 3.40. The molecule has 0 aromatic carbocycles. The second kappa shape index (κ2) is 8.98. The first-order valence-corrected chi connectivity index (χ1v) is 13.4. The summed E-state index contributed by atoms with van der Waals surface area (Å²) in [7, 11) is 0. The van der Waals surface area contributed by atoms with Crippen LogP contribution in [0.2, 0.25) is 0 Å². The van der Waals surface area contributed by atoms with Crippen molar-refractivity contribution < 1.29 is 33.0 Å². The zero-order valence-electron chi connectivity index (χ0n) is 21.7. The minimum absolute atomic E-state index is 0.00475. The minimum atomic E-state index is -1.71. The Balaban J connectivity index is 1.50. The highest BCUT2D eigenvalue weighted by Crippen LogP contribution is 2.82. The van der Waals surface area contributed by atoms with Crippen molar-refractivity contribution in [1.82, 2.24) is 4.90 Å². The smallest absolute Gasteiger partial charge is 0.315 e. The molecular weight excluding hydrogens is 468 g/mol. The Bertz CT molecular complexity index is 979. The van der Waals surface area contributed by atoms with E-state index in [1.807, 2.05) is 25.7 Å². The summed E-state index contributed by atoms with van der Waals surface area (Å²) in [6.07, 6.45) is 4.91. The van der Waals surface area contributed by atoms with E-state index >= 15 is 0 Å². The molecule has 0 unspecified atom stereocenters. The van der Waals surface area contributed by atoms with Crippen molar-refractivity contribution in [2.75, 3.05) is 26.3 Å². The summed E-state index contributed by atoms with van der Waals surface area (Å²) in [4.78, 5) is 28.4. The second-order valence-corrected chi connectivity index (χ2v) is 12.4. The fraction of sp³-hybridized carbons (Fsp3) is 0.786. The second-order valence-electron chi connectivity index (χ2n) is 12.4. The van der Waals surface area contributed by atoms with E-state index in [9.17, 15) is 23.5 Å². The Labute approximate surface area is 212 Å². The van der Waals surface area contributed by atoms with Crippen LogP contribution in [0.5, 0.6) is 0 Å². The van der Waals surface area contributed by atoms with Crippen LogP contribution in [0.4, 0.5) is 8.78 Å². The number of halogens is 2. The number of carboxylic acids is 1. The standard InChI is InChI=1S/C28H39F2NO5/c1-16(2)22-9-19-10-26(14-32)21-6-5-17(3)20(21)11-27(19,28(22,26)25(33)34)15-36-24-12-31(8-7-23(29)30)18(4)13-35-24/h7,9,14,16-21,24H,5-6,8,10-13,15H2,1-4H3,(H,33,34)/t17-,18-,19+,20-,21-,24+,26+,27+,28+/m1/s1. The highest BCUT2D eigenvalue weighted by atomic mass is 19.3. The van der Waals surface area contributed by atoms with Gasteiger partial charge in [-0.15, -0.1) is 0 Å². The van der Waals surface area contributed by atoms with Crippen molar-refractivity contribution in [2.24, 2.45) is 45.8 Å². The number of rotatable bonds is 8. The van der Waals surface area contributed by atoms with Gasteiger partial charge in [-0.3, -0.25) is 9.69 Å². The molecule has 4 fully saturated rings. The molecule has 4 aliphatic carbocycles. The predicted molar refractivity (Wildman–Crippen MR) is 129 cm³/mol. The van der Waals surface area contributed by atoms with Gasteiger partial charge in [0, 0.05) is 18.0 Å². The van der Waals surface area contributed by atoms with Crippen LogP contribution in [0.15, 0.2) is 23.8 Å². The van der Waals surface area contributed by atoms with Gasteiger partial charge in [0.2, 0.25) is 0 Å². The number of allylic oxidation sites excluding steroid dienone is 1. The number of carboxylic acid groups (broad SMARTS) is 1. The van der Waals surface area contributed by atoms with E-state index in [4.69, 9.17) is 9.47 Å². The molecule has 0 aromatic rings. The SMILES string of the molecule is CC(C)C1=C[C@H]2C[C@]3(C=O)[C@@H]4CC[C@@H](C)[C@H]4C[C@@]2(CO[C@H]2CN(CC=C(F)F)[C@H](C)CO2)[C@]13C(=O)O. The van der Waals surface area contributed by atoms with E-state index in [0.29, 0.717) is 25.5 Å². The molecule has 0 spiro atoms. The monoisotopic (exact) mass is 507 g/mol. The highest BCUT2D eigenvalue weighted by Gasteiger charge is 2.84. The first-order valence-electron chi connectivity index (χ1n) is 13.4. The van der Waals surface area contributed by atoms with E-state index in [-0.39, 0.29) is 42.9 Å². The van der Waals surface area contributed by atoms with Crippen LogP contribution in [0.25, 0.3) is 0 Å². The lowest BCUT2D eigenvalue weighted by Gasteiger charge is -2.58. The van der Waals surface area contributed by atoms with Gasteiger partial charge in [0.05, 0.1) is 25.2 Å². The Morgan fingerprint density at radius 1 is 1.31 bits per heavy atom. The van der Waals surface area contributed by atoms with E-state index in [0.717, 1.165) is 37.2 Å². The molecule has 0 radical (unpaired) electrons. The largest absolute Gasteiger partial charge is 0.481 e. The van der Waals surface area contributed by atoms with Gasteiger partial charge in [0.15, 0.2) is 6.29 Å². The molecule has 1 N–H and O–H groups in total. The number of aldehydes is 1. The van der Waals surface area contributed by atoms with Gasteiger partial charge in [0.1, 0.15) is 11.7 Å². The summed E-state index contributed by atoms with van der Waals surface area (Å²) in [5.41, 5.74) is -2.05. The number of morpholine rings is 1. The van der Waals surface area contributed by atoms with Gasteiger partial charge in [-0.05, 0) is 61.9 Å². The zero-order valence-corrected chi connectivity index (χ0v) is 21.7. The number of fused-ring (bicyclic) bond motifs is 2. The van der Waals surface area contributed by atoms with Gasteiger partial charge in [-0.1, -0.05) is 38.8 Å². The maximum atomic E-state index is 13.5. The molecule has 0 aromatic heterocycles. The number of ether oxygens (including phenoxy) is 2. The molecule has 36 heavy (non-hydrogen) atoms. The lowest BCUT2D eigenvalue weighted by Crippen LogP contribution is -2.64. The van der Waals surface area contributed by atoms with Crippen LogP contribution in [0.1, 0.15) is 53.4 Å². The Hall–Kier alpha value is -1.64. The first kappa shape index (κ1) is 26.0. The molecule has 8 heteroatoms. The fourth-order valence-corrected chi connectivity index (χ4v) is 9.19. The third kappa shape index (κ3) is 3.29. The van der Waals surface area contributed by atoms with Gasteiger partial charge >= 0.3 is 5.97 Å². The predicted octanol–water partition coefficient (Wildman–Crippen LogP) is 4.75. The molecule has 1 saturated heterocycles. The van der Waals surface area contributed by atoms with Crippen molar-refractivity contribution in [3.8, 4) is 0 Å². The van der Waals surface area contributed by atoms with Crippen LogP contribution in [0, 0.1) is 45.8 Å². The number of carbonyl (C=O) groups excluding carboxylic acids is 1. The van der Waals surface area contributed by atoms with Crippen molar-refractivity contribution >= 4 is 12.3 Å². The fourth-order valence-electron chi connectivity index (χ4n) is 9.19. The van der Waals surface area contributed by atoms with Gasteiger partial charge in [-0.25, -0.2) is 0 Å².